The Morgan fingerprint density at radius 1 is 0.862 bits per heavy atom. The molecule has 0 unspecified atom stereocenters. The van der Waals surface area contributed by atoms with Crippen molar-refractivity contribution in [1.29, 1.82) is 0 Å². The first-order valence-electron chi connectivity index (χ1n) is 8.89. The molecule has 0 aliphatic carbocycles. The van der Waals surface area contributed by atoms with Gasteiger partial charge in [-0.15, -0.1) is 0 Å². The van der Waals surface area contributed by atoms with E-state index in [9.17, 15) is 13.2 Å². The van der Waals surface area contributed by atoms with Gasteiger partial charge in [-0.05, 0) is 43.3 Å². The number of hydrogen-bond donors (Lipinski definition) is 0. The van der Waals surface area contributed by atoms with Crippen molar-refractivity contribution in [3.8, 4) is 5.75 Å². The van der Waals surface area contributed by atoms with Crippen LogP contribution in [0.1, 0.15) is 15.9 Å². The van der Waals surface area contributed by atoms with Crippen molar-refractivity contribution in [3.63, 3.8) is 0 Å². The van der Waals surface area contributed by atoms with E-state index in [0.29, 0.717) is 22.2 Å². The average molecular weight is 409 g/mol. The predicted molar refractivity (Wildman–Crippen MR) is 111 cm³/mol. The first kappa shape index (κ1) is 19.0. The Kier molecular flexibility index (Phi) is 4.55. The molecule has 7 heteroatoms. The van der Waals surface area contributed by atoms with Crippen LogP contribution in [-0.2, 0) is 14.8 Å². The highest BCUT2D eigenvalue weighted by Crippen LogP contribution is 2.35. The monoisotopic (exact) mass is 409 g/mol. The van der Waals surface area contributed by atoms with Crippen molar-refractivity contribution in [3.05, 3.63) is 71.8 Å². The number of aromatic nitrogens is 1. The Balaban J connectivity index is 2.12. The zero-order chi connectivity index (χ0) is 20.8. The number of ether oxygens (including phenoxy) is 2. The molecule has 29 heavy (non-hydrogen) atoms. The molecule has 0 saturated heterocycles. The number of carbonyl (C=O) groups is 1. The van der Waals surface area contributed by atoms with Crippen molar-refractivity contribution < 1.29 is 22.7 Å². The Bertz CT molecular complexity index is 1350. The van der Waals surface area contributed by atoms with Gasteiger partial charge in [0.25, 0.3) is 10.0 Å². The second-order valence-corrected chi connectivity index (χ2v) is 8.48. The van der Waals surface area contributed by atoms with E-state index in [1.54, 1.807) is 54.6 Å². The van der Waals surface area contributed by atoms with Crippen molar-refractivity contribution in [2.45, 2.75) is 11.8 Å². The molecule has 0 radical (unpaired) electrons. The van der Waals surface area contributed by atoms with Gasteiger partial charge in [-0.25, -0.2) is 17.2 Å². The number of carbonyl (C=O) groups excluding carboxylic acids is 1. The van der Waals surface area contributed by atoms with Crippen molar-refractivity contribution in [1.82, 2.24) is 3.97 Å². The summed E-state index contributed by atoms with van der Waals surface area (Å²) >= 11 is 0. The maximum atomic E-state index is 13.6. The number of hydrogen-bond acceptors (Lipinski definition) is 5. The largest absolute Gasteiger partial charge is 0.497 e. The average Bonchev–Trinajstić information content (AvgIpc) is 3.06. The summed E-state index contributed by atoms with van der Waals surface area (Å²) < 4.78 is 38.5. The molecule has 148 valence electrons. The Morgan fingerprint density at radius 2 is 1.48 bits per heavy atom. The summed E-state index contributed by atoms with van der Waals surface area (Å²) in [6, 6.07) is 16.8. The lowest BCUT2D eigenvalue weighted by atomic mass is 10.1. The van der Waals surface area contributed by atoms with Gasteiger partial charge in [-0.3, -0.25) is 0 Å². The third-order valence-corrected chi connectivity index (χ3v) is 6.65. The number of fused-ring (bicyclic) bond motifs is 3. The molecule has 0 aliphatic rings. The molecule has 6 nitrogen and oxygen atoms in total. The molecule has 0 N–H and O–H groups in total. The van der Waals surface area contributed by atoms with Crippen molar-refractivity contribution in [2.24, 2.45) is 0 Å². The number of nitrogens with zero attached hydrogens (tertiary/aromatic N) is 1. The molecule has 0 bridgehead atoms. The van der Waals surface area contributed by atoms with Crippen LogP contribution in [0.2, 0.25) is 0 Å². The van der Waals surface area contributed by atoms with E-state index >= 15 is 0 Å². The normalized spacial score (nSPS) is 11.7. The standard InChI is InChI=1S/C22H19NO5S/c1-14-4-8-17(9-5-14)29(25,26)23-20-12-15(22(24)28-3)6-10-18(20)19-11-7-16(27-2)13-21(19)23/h4-13H,1-3H3. The minimum absolute atomic E-state index is 0.160. The summed E-state index contributed by atoms with van der Waals surface area (Å²) in [5.41, 5.74) is 2.11. The summed E-state index contributed by atoms with van der Waals surface area (Å²) in [6.45, 7) is 1.89. The van der Waals surface area contributed by atoms with Crippen LogP contribution in [0.4, 0.5) is 0 Å². The first-order valence-corrected chi connectivity index (χ1v) is 10.3. The quantitative estimate of drug-likeness (QED) is 0.474. The summed E-state index contributed by atoms with van der Waals surface area (Å²) in [5.74, 6) is 0.00266. The lowest BCUT2D eigenvalue weighted by Gasteiger charge is -2.11. The summed E-state index contributed by atoms with van der Waals surface area (Å²) in [4.78, 5) is 12.2. The molecule has 4 aromatic rings. The fraction of sp³-hybridized carbons (Fsp3) is 0.136. The van der Waals surface area contributed by atoms with Crippen LogP contribution in [0.15, 0.2) is 65.6 Å². The van der Waals surface area contributed by atoms with Crippen molar-refractivity contribution in [2.75, 3.05) is 14.2 Å². The van der Waals surface area contributed by atoms with Gasteiger partial charge >= 0.3 is 5.97 Å². The van der Waals surface area contributed by atoms with Gasteiger partial charge in [0, 0.05) is 16.8 Å². The van der Waals surface area contributed by atoms with Crippen LogP contribution < -0.4 is 4.74 Å². The minimum atomic E-state index is -3.93. The maximum Gasteiger partial charge on any atom is 0.337 e. The van der Waals surface area contributed by atoms with E-state index < -0.39 is 16.0 Å². The highest BCUT2D eigenvalue weighted by molar-refractivity contribution is 7.90. The summed E-state index contributed by atoms with van der Waals surface area (Å²) in [6.07, 6.45) is 0. The number of methoxy groups -OCH3 is 2. The second kappa shape index (κ2) is 6.93. The molecule has 1 aromatic heterocycles. The maximum absolute atomic E-state index is 13.6. The third-order valence-electron chi connectivity index (χ3n) is 4.91. The van der Waals surface area contributed by atoms with Crippen LogP contribution in [0, 0.1) is 6.92 Å². The van der Waals surface area contributed by atoms with Crippen LogP contribution >= 0.6 is 0 Å². The van der Waals surface area contributed by atoms with Gasteiger partial charge in [-0.1, -0.05) is 23.8 Å². The summed E-state index contributed by atoms with van der Waals surface area (Å²) in [7, 11) is -1.12. The van der Waals surface area contributed by atoms with E-state index in [4.69, 9.17) is 9.47 Å². The SMILES string of the molecule is COC(=O)c1ccc2c3ccc(OC)cc3n(S(=O)(=O)c3ccc(C)cc3)c2c1. The first-order chi connectivity index (χ1) is 13.9. The van der Waals surface area contributed by atoms with E-state index in [0.717, 1.165) is 10.9 Å². The summed E-state index contributed by atoms with van der Waals surface area (Å²) in [5, 5.41) is 1.46. The fourth-order valence-electron chi connectivity index (χ4n) is 3.41. The zero-order valence-corrected chi connectivity index (χ0v) is 17.0. The molecular formula is C22H19NO5S. The molecule has 0 aliphatic heterocycles. The molecule has 1 heterocycles. The van der Waals surface area contributed by atoms with Crippen LogP contribution in [0.3, 0.4) is 0 Å². The minimum Gasteiger partial charge on any atom is -0.497 e. The Morgan fingerprint density at radius 3 is 2.10 bits per heavy atom. The molecule has 0 amide bonds. The van der Waals surface area contributed by atoms with Crippen LogP contribution in [0.25, 0.3) is 21.8 Å². The van der Waals surface area contributed by atoms with Gasteiger partial charge in [-0.2, -0.15) is 0 Å². The predicted octanol–water partition coefficient (Wildman–Crippen LogP) is 4.14. The number of rotatable bonds is 4. The number of esters is 1. The van der Waals surface area contributed by atoms with Crippen LogP contribution in [-0.4, -0.2) is 32.6 Å². The van der Waals surface area contributed by atoms with E-state index in [1.165, 1.54) is 18.2 Å². The van der Waals surface area contributed by atoms with Gasteiger partial charge in [0.2, 0.25) is 0 Å². The third kappa shape index (κ3) is 3.03. The Labute approximate surface area is 168 Å². The highest BCUT2D eigenvalue weighted by atomic mass is 32.2. The molecule has 0 atom stereocenters. The molecule has 0 spiro atoms. The van der Waals surface area contributed by atoms with Gasteiger partial charge < -0.3 is 9.47 Å². The van der Waals surface area contributed by atoms with Gasteiger partial charge in [0.15, 0.2) is 0 Å². The van der Waals surface area contributed by atoms with Gasteiger partial charge in [0.05, 0.1) is 35.7 Å². The van der Waals surface area contributed by atoms with E-state index in [-0.39, 0.29) is 10.5 Å². The van der Waals surface area contributed by atoms with Crippen molar-refractivity contribution >= 4 is 37.8 Å². The fourth-order valence-corrected chi connectivity index (χ4v) is 4.92. The molecule has 0 fully saturated rings. The molecule has 4 rings (SSSR count). The van der Waals surface area contributed by atoms with E-state index in [2.05, 4.69) is 0 Å². The lowest BCUT2D eigenvalue weighted by Crippen LogP contribution is -2.13. The second-order valence-electron chi connectivity index (χ2n) is 6.69. The molecule has 3 aromatic carbocycles. The van der Waals surface area contributed by atoms with E-state index in [1.807, 2.05) is 13.0 Å². The molecular weight excluding hydrogens is 390 g/mol. The zero-order valence-electron chi connectivity index (χ0n) is 16.2. The number of benzene rings is 3. The smallest absolute Gasteiger partial charge is 0.337 e. The highest BCUT2D eigenvalue weighted by Gasteiger charge is 2.24. The molecule has 0 saturated carbocycles. The van der Waals surface area contributed by atoms with Crippen LogP contribution in [0.5, 0.6) is 5.75 Å². The Hall–Kier alpha value is -3.32. The topological polar surface area (TPSA) is 74.6 Å². The van der Waals surface area contributed by atoms with Gasteiger partial charge in [0.1, 0.15) is 5.75 Å². The lowest BCUT2D eigenvalue weighted by molar-refractivity contribution is 0.0601. The number of aryl methyl sites for hydroxylation is 1.